The van der Waals surface area contributed by atoms with Gasteiger partial charge in [-0.15, -0.1) is 0 Å². The summed E-state index contributed by atoms with van der Waals surface area (Å²) < 4.78 is 0. The van der Waals surface area contributed by atoms with E-state index >= 15 is 0 Å². The molecule has 17 heavy (non-hydrogen) atoms. The van der Waals surface area contributed by atoms with Gasteiger partial charge in [0.05, 0.1) is 8.07 Å². The summed E-state index contributed by atoms with van der Waals surface area (Å²) in [5.41, 5.74) is 3.85. The molecule has 1 heteroatoms. The van der Waals surface area contributed by atoms with E-state index in [1.54, 1.807) is 0 Å². The Hall–Kier alpha value is -1.34. The summed E-state index contributed by atoms with van der Waals surface area (Å²) in [7, 11) is -1.06. The van der Waals surface area contributed by atoms with Crippen molar-refractivity contribution in [1.29, 1.82) is 0 Å². The van der Waals surface area contributed by atoms with Crippen LogP contribution in [0.3, 0.4) is 0 Å². The lowest BCUT2D eigenvalue weighted by atomic mass is 10.0. The van der Waals surface area contributed by atoms with Crippen LogP contribution in [-0.4, -0.2) is 8.07 Å². The van der Waals surface area contributed by atoms with E-state index in [-0.39, 0.29) is 0 Å². The van der Waals surface area contributed by atoms with Crippen molar-refractivity contribution in [3.05, 3.63) is 59.8 Å². The SMILES string of the molecule is C[Si](C)(C)/C=C/Cc1cccc2ccccc12. The molecule has 0 unspecified atom stereocenters. The first-order valence-corrected chi connectivity index (χ1v) is 9.78. The van der Waals surface area contributed by atoms with Crippen molar-refractivity contribution in [3.63, 3.8) is 0 Å². The second-order valence-corrected chi connectivity index (χ2v) is 10.7. The lowest BCUT2D eigenvalue weighted by Crippen LogP contribution is -2.15. The van der Waals surface area contributed by atoms with Gasteiger partial charge in [0.1, 0.15) is 0 Å². The van der Waals surface area contributed by atoms with Crippen molar-refractivity contribution in [2.24, 2.45) is 0 Å². The summed E-state index contributed by atoms with van der Waals surface area (Å²) in [5.74, 6) is 0. The van der Waals surface area contributed by atoms with Gasteiger partial charge < -0.3 is 0 Å². The molecule has 0 aliphatic rings. The quantitative estimate of drug-likeness (QED) is 0.675. The predicted molar refractivity (Wildman–Crippen MR) is 80.1 cm³/mol. The monoisotopic (exact) mass is 240 g/mol. The second-order valence-electron chi connectivity index (χ2n) is 5.61. The molecule has 0 fully saturated rings. The van der Waals surface area contributed by atoms with Crippen LogP contribution < -0.4 is 0 Å². The molecule has 0 aliphatic carbocycles. The van der Waals surface area contributed by atoms with E-state index in [4.69, 9.17) is 0 Å². The van der Waals surface area contributed by atoms with Crippen molar-refractivity contribution in [2.45, 2.75) is 26.1 Å². The molecular weight excluding hydrogens is 220 g/mol. The summed E-state index contributed by atoms with van der Waals surface area (Å²) in [5, 5.41) is 2.72. The van der Waals surface area contributed by atoms with Gasteiger partial charge in [-0.2, -0.15) is 0 Å². The van der Waals surface area contributed by atoms with Gasteiger partial charge in [0.15, 0.2) is 0 Å². The number of rotatable bonds is 3. The van der Waals surface area contributed by atoms with Crippen molar-refractivity contribution in [2.75, 3.05) is 0 Å². The highest BCUT2D eigenvalue weighted by Crippen LogP contribution is 2.19. The maximum absolute atomic E-state index is 2.43. The lowest BCUT2D eigenvalue weighted by molar-refractivity contribution is 1.30. The third-order valence-corrected chi connectivity index (χ3v) is 4.07. The molecule has 0 aromatic heterocycles. The van der Waals surface area contributed by atoms with Crippen LogP contribution in [0.15, 0.2) is 54.2 Å². The molecule has 0 heterocycles. The molecule has 0 radical (unpaired) electrons. The minimum atomic E-state index is -1.06. The number of hydrogen-bond donors (Lipinski definition) is 0. The molecule has 0 bridgehead atoms. The van der Waals surface area contributed by atoms with E-state index < -0.39 is 8.07 Å². The molecule has 0 aliphatic heterocycles. The lowest BCUT2D eigenvalue weighted by Gasteiger charge is -2.09. The normalized spacial score (nSPS) is 12.4. The van der Waals surface area contributed by atoms with Crippen LogP contribution in [0.5, 0.6) is 0 Å². The zero-order chi connectivity index (χ0) is 12.3. The van der Waals surface area contributed by atoms with Crippen molar-refractivity contribution in [1.82, 2.24) is 0 Å². The van der Waals surface area contributed by atoms with Gasteiger partial charge in [0.25, 0.3) is 0 Å². The largest absolute Gasteiger partial charge is 0.0986 e. The molecule has 2 aromatic carbocycles. The molecule has 2 aromatic rings. The van der Waals surface area contributed by atoms with Gasteiger partial charge in [0, 0.05) is 0 Å². The van der Waals surface area contributed by atoms with Gasteiger partial charge in [0.2, 0.25) is 0 Å². The number of benzene rings is 2. The smallest absolute Gasteiger partial charge is 0.0683 e. The molecule has 0 spiro atoms. The van der Waals surface area contributed by atoms with E-state index in [2.05, 4.69) is 73.9 Å². The van der Waals surface area contributed by atoms with Crippen molar-refractivity contribution < 1.29 is 0 Å². The first-order chi connectivity index (χ1) is 8.06. The van der Waals surface area contributed by atoms with E-state index in [1.165, 1.54) is 16.3 Å². The van der Waals surface area contributed by atoms with Gasteiger partial charge in [-0.25, -0.2) is 0 Å². The topological polar surface area (TPSA) is 0 Å². The van der Waals surface area contributed by atoms with Crippen LogP contribution >= 0.6 is 0 Å². The fraction of sp³-hybridized carbons (Fsp3) is 0.250. The Morgan fingerprint density at radius 2 is 1.65 bits per heavy atom. The number of fused-ring (bicyclic) bond motifs is 1. The highest BCUT2D eigenvalue weighted by Gasteiger charge is 2.06. The summed E-state index contributed by atoms with van der Waals surface area (Å²) >= 11 is 0. The number of hydrogen-bond acceptors (Lipinski definition) is 0. The molecule has 0 N–H and O–H groups in total. The molecule has 2 rings (SSSR count). The van der Waals surface area contributed by atoms with Crippen LogP contribution in [-0.2, 0) is 6.42 Å². The van der Waals surface area contributed by atoms with Crippen LogP contribution in [0, 0.1) is 0 Å². The first kappa shape index (κ1) is 12.1. The van der Waals surface area contributed by atoms with Gasteiger partial charge in [-0.3, -0.25) is 0 Å². The molecule has 0 saturated heterocycles. The van der Waals surface area contributed by atoms with Crippen molar-refractivity contribution in [3.8, 4) is 0 Å². The average Bonchev–Trinajstić information content (AvgIpc) is 2.28. The third-order valence-electron chi connectivity index (χ3n) is 2.84. The van der Waals surface area contributed by atoms with E-state index in [1.807, 2.05) is 0 Å². The Bertz CT molecular complexity index is 527. The van der Waals surface area contributed by atoms with E-state index in [0.29, 0.717) is 0 Å². The van der Waals surface area contributed by atoms with Crippen LogP contribution in [0.25, 0.3) is 10.8 Å². The molecule has 0 nitrogen and oxygen atoms in total. The Balaban J connectivity index is 2.28. The minimum absolute atomic E-state index is 1.05. The summed E-state index contributed by atoms with van der Waals surface area (Å²) in [6.45, 7) is 7.10. The highest BCUT2D eigenvalue weighted by molar-refractivity contribution is 6.80. The average molecular weight is 240 g/mol. The molecular formula is C16H20Si. The highest BCUT2D eigenvalue weighted by atomic mass is 28.3. The van der Waals surface area contributed by atoms with Crippen LogP contribution in [0.1, 0.15) is 5.56 Å². The Morgan fingerprint density at radius 1 is 0.941 bits per heavy atom. The maximum Gasteiger partial charge on any atom is 0.0683 e. The Labute approximate surface area is 105 Å². The van der Waals surface area contributed by atoms with Crippen LogP contribution in [0.4, 0.5) is 0 Å². The van der Waals surface area contributed by atoms with Gasteiger partial charge >= 0.3 is 0 Å². The molecule has 0 amide bonds. The minimum Gasteiger partial charge on any atom is -0.0986 e. The first-order valence-electron chi connectivity index (χ1n) is 6.21. The fourth-order valence-electron chi connectivity index (χ4n) is 2.01. The standard InChI is InChI=1S/C16H20Si/c1-17(2,3)13-7-11-15-10-6-9-14-8-4-5-12-16(14)15/h4-10,12-13H,11H2,1-3H3/b13-7+. The van der Waals surface area contributed by atoms with E-state index in [9.17, 15) is 0 Å². The summed E-state index contributed by atoms with van der Waals surface area (Å²) in [6, 6.07) is 15.2. The Kier molecular flexibility index (Phi) is 3.48. The number of allylic oxidation sites excluding steroid dienone is 1. The van der Waals surface area contributed by atoms with Crippen molar-refractivity contribution >= 4 is 18.8 Å². The zero-order valence-corrected chi connectivity index (χ0v) is 11.9. The van der Waals surface area contributed by atoms with Gasteiger partial charge in [-0.1, -0.05) is 73.9 Å². The third kappa shape index (κ3) is 3.30. The second kappa shape index (κ2) is 4.88. The maximum atomic E-state index is 2.43. The van der Waals surface area contributed by atoms with Gasteiger partial charge in [-0.05, 0) is 22.8 Å². The summed E-state index contributed by atoms with van der Waals surface area (Å²) in [6.07, 6.45) is 3.39. The fourth-order valence-corrected chi connectivity index (χ4v) is 2.83. The summed E-state index contributed by atoms with van der Waals surface area (Å²) in [4.78, 5) is 0. The molecule has 88 valence electrons. The molecule has 0 atom stereocenters. The predicted octanol–water partition coefficient (Wildman–Crippen LogP) is 4.82. The zero-order valence-electron chi connectivity index (χ0n) is 10.9. The van der Waals surface area contributed by atoms with Crippen LogP contribution in [0.2, 0.25) is 19.6 Å². The Morgan fingerprint density at radius 3 is 2.41 bits per heavy atom. The van der Waals surface area contributed by atoms with E-state index in [0.717, 1.165) is 6.42 Å². The molecule has 0 saturated carbocycles.